The van der Waals surface area contributed by atoms with E-state index in [1.807, 2.05) is 0 Å². The minimum atomic E-state index is -1.07. The summed E-state index contributed by atoms with van der Waals surface area (Å²) in [6.45, 7) is 1.43. The molecule has 3 rings (SSSR count). The van der Waals surface area contributed by atoms with Gasteiger partial charge in [-0.25, -0.2) is 14.8 Å². The van der Waals surface area contributed by atoms with E-state index < -0.39 is 18.0 Å². The highest BCUT2D eigenvalue weighted by molar-refractivity contribution is 6.39. The predicted molar refractivity (Wildman–Crippen MR) is 93.9 cm³/mol. The smallest absolute Gasteiger partial charge is 0.357 e. The van der Waals surface area contributed by atoms with E-state index in [2.05, 4.69) is 20.3 Å². The van der Waals surface area contributed by atoms with Gasteiger partial charge in [0.15, 0.2) is 6.10 Å². The summed E-state index contributed by atoms with van der Waals surface area (Å²) in [5.74, 6) is -1.20. The zero-order valence-corrected chi connectivity index (χ0v) is 14.4. The Hall–Kier alpha value is -2.64. The van der Waals surface area contributed by atoms with Gasteiger partial charge in [0.25, 0.3) is 5.91 Å². The first-order chi connectivity index (χ1) is 12.0. The lowest BCUT2D eigenvalue weighted by atomic mass is 10.2. The van der Waals surface area contributed by atoms with Crippen molar-refractivity contribution < 1.29 is 14.3 Å². The molecule has 25 heavy (non-hydrogen) atoms. The number of nitrogens with one attached hydrogen (secondary N) is 2. The van der Waals surface area contributed by atoms with Crippen molar-refractivity contribution in [2.75, 3.05) is 5.32 Å². The number of carbonyl (C=O) groups excluding carboxylic acids is 2. The maximum Gasteiger partial charge on any atom is 0.357 e. The fourth-order valence-corrected chi connectivity index (χ4v) is 2.57. The number of aromatic nitrogens is 3. The molecule has 3 aromatic rings. The van der Waals surface area contributed by atoms with Crippen LogP contribution in [0, 0.1) is 0 Å². The number of aromatic amines is 1. The van der Waals surface area contributed by atoms with Crippen molar-refractivity contribution in [3.05, 3.63) is 52.4 Å². The molecule has 1 aromatic carbocycles. The van der Waals surface area contributed by atoms with E-state index in [1.54, 1.807) is 24.3 Å². The summed E-state index contributed by atoms with van der Waals surface area (Å²) >= 11 is 12.1. The SMILES string of the molecule is CC(OC(=O)c1[nH]c2ccc(Cl)cc2c1Cl)C(=O)Nc1ncccn1. The Balaban J connectivity index is 1.73. The number of rotatable bonds is 4. The molecule has 2 aromatic heterocycles. The number of benzene rings is 1. The third kappa shape index (κ3) is 3.72. The Kier molecular flexibility index (Phi) is 4.87. The number of esters is 1. The molecule has 0 saturated carbocycles. The van der Waals surface area contributed by atoms with Crippen LogP contribution in [0.5, 0.6) is 0 Å². The molecule has 1 amide bonds. The number of anilines is 1. The zero-order valence-electron chi connectivity index (χ0n) is 12.9. The maximum absolute atomic E-state index is 12.3. The average Bonchev–Trinajstić information content (AvgIpc) is 2.92. The van der Waals surface area contributed by atoms with Gasteiger partial charge in [-0.3, -0.25) is 10.1 Å². The van der Waals surface area contributed by atoms with Gasteiger partial charge in [0.2, 0.25) is 5.95 Å². The molecule has 0 aliphatic carbocycles. The normalized spacial score (nSPS) is 12.0. The van der Waals surface area contributed by atoms with E-state index in [0.717, 1.165) is 0 Å². The summed E-state index contributed by atoms with van der Waals surface area (Å²) in [5.41, 5.74) is 0.686. The lowest BCUT2D eigenvalue weighted by Gasteiger charge is -2.12. The highest BCUT2D eigenvalue weighted by Gasteiger charge is 2.23. The van der Waals surface area contributed by atoms with Crippen molar-refractivity contribution in [3.63, 3.8) is 0 Å². The monoisotopic (exact) mass is 378 g/mol. The van der Waals surface area contributed by atoms with Gasteiger partial charge in [-0.2, -0.15) is 0 Å². The van der Waals surface area contributed by atoms with E-state index in [9.17, 15) is 9.59 Å². The number of fused-ring (bicyclic) bond motifs is 1. The molecule has 0 spiro atoms. The number of amides is 1. The van der Waals surface area contributed by atoms with Crippen LogP contribution < -0.4 is 5.32 Å². The molecule has 9 heteroatoms. The highest BCUT2D eigenvalue weighted by Crippen LogP contribution is 2.30. The van der Waals surface area contributed by atoms with Crippen molar-refractivity contribution in [1.29, 1.82) is 0 Å². The molecular formula is C16H12Cl2N4O3. The molecule has 0 fully saturated rings. The summed E-state index contributed by atoms with van der Waals surface area (Å²) in [7, 11) is 0. The van der Waals surface area contributed by atoms with Crippen molar-refractivity contribution in [2.24, 2.45) is 0 Å². The van der Waals surface area contributed by atoms with Gasteiger partial charge >= 0.3 is 5.97 Å². The quantitative estimate of drug-likeness (QED) is 0.677. The molecule has 0 saturated heterocycles. The van der Waals surface area contributed by atoms with Crippen LogP contribution in [0.25, 0.3) is 10.9 Å². The average molecular weight is 379 g/mol. The van der Waals surface area contributed by atoms with E-state index in [1.165, 1.54) is 19.3 Å². The van der Waals surface area contributed by atoms with Crippen LogP contribution >= 0.6 is 23.2 Å². The van der Waals surface area contributed by atoms with Gasteiger partial charge in [0.1, 0.15) is 5.69 Å². The molecule has 0 bridgehead atoms. The highest BCUT2D eigenvalue weighted by atomic mass is 35.5. The van der Waals surface area contributed by atoms with Crippen LogP contribution in [0.3, 0.4) is 0 Å². The van der Waals surface area contributed by atoms with E-state index in [-0.39, 0.29) is 16.7 Å². The number of halogens is 2. The Morgan fingerprint density at radius 1 is 1.24 bits per heavy atom. The molecule has 2 N–H and O–H groups in total. The lowest BCUT2D eigenvalue weighted by molar-refractivity contribution is -0.123. The van der Waals surface area contributed by atoms with Crippen molar-refractivity contribution >= 4 is 51.9 Å². The first-order valence-electron chi connectivity index (χ1n) is 7.21. The Morgan fingerprint density at radius 3 is 2.68 bits per heavy atom. The topological polar surface area (TPSA) is 97.0 Å². The van der Waals surface area contributed by atoms with Gasteiger partial charge < -0.3 is 9.72 Å². The van der Waals surface area contributed by atoms with Crippen molar-refractivity contribution in [2.45, 2.75) is 13.0 Å². The van der Waals surface area contributed by atoms with Gasteiger partial charge in [-0.05, 0) is 31.2 Å². The number of ether oxygens (including phenoxy) is 1. The summed E-state index contributed by atoms with van der Waals surface area (Å²) in [4.78, 5) is 35.0. The summed E-state index contributed by atoms with van der Waals surface area (Å²) in [5, 5.41) is 3.71. The Labute approximate surface area is 152 Å². The standard InChI is InChI=1S/C16H12Cl2N4O3/c1-8(14(23)22-16-19-5-2-6-20-16)25-15(24)13-12(18)10-7-9(17)3-4-11(10)21-13/h2-8,21H,1H3,(H,19,20,22,23). The fourth-order valence-electron chi connectivity index (χ4n) is 2.12. The number of hydrogen-bond acceptors (Lipinski definition) is 5. The van der Waals surface area contributed by atoms with Gasteiger partial charge in [-0.15, -0.1) is 0 Å². The second kappa shape index (κ2) is 7.08. The van der Waals surface area contributed by atoms with Crippen LogP contribution in [0.15, 0.2) is 36.7 Å². The third-order valence-corrected chi connectivity index (χ3v) is 3.98. The molecule has 1 atom stereocenters. The van der Waals surface area contributed by atoms with E-state index >= 15 is 0 Å². The molecule has 0 aliphatic heterocycles. The Bertz CT molecular complexity index is 943. The second-order valence-electron chi connectivity index (χ2n) is 5.11. The first-order valence-corrected chi connectivity index (χ1v) is 7.97. The molecule has 0 aliphatic rings. The zero-order chi connectivity index (χ0) is 18.0. The van der Waals surface area contributed by atoms with Crippen LogP contribution in [0.1, 0.15) is 17.4 Å². The fraction of sp³-hybridized carbons (Fsp3) is 0.125. The summed E-state index contributed by atoms with van der Waals surface area (Å²) < 4.78 is 5.16. The van der Waals surface area contributed by atoms with Crippen molar-refractivity contribution in [1.82, 2.24) is 15.0 Å². The molecule has 2 heterocycles. The van der Waals surface area contributed by atoms with Gasteiger partial charge in [-0.1, -0.05) is 23.2 Å². The molecular weight excluding hydrogens is 367 g/mol. The predicted octanol–water partition coefficient (Wildman–Crippen LogP) is 3.45. The molecule has 7 nitrogen and oxygen atoms in total. The summed E-state index contributed by atoms with van der Waals surface area (Å²) in [6, 6.07) is 6.61. The van der Waals surface area contributed by atoms with Crippen LogP contribution in [-0.4, -0.2) is 32.9 Å². The summed E-state index contributed by atoms with van der Waals surface area (Å²) in [6.07, 6.45) is 1.89. The minimum absolute atomic E-state index is 0.0505. The minimum Gasteiger partial charge on any atom is -0.448 e. The van der Waals surface area contributed by atoms with Gasteiger partial charge in [0.05, 0.1) is 5.02 Å². The van der Waals surface area contributed by atoms with Gasteiger partial charge in [0, 0.05) is 28.3 Å². The van der Waals surface area contributed by atoms with Crippen LogP contribution in [0.2, 0.25) is 10.0 Å². The van der Waals surface area contributed by atoms with E-state index in [4.69, 9.17) is 27.9 Å². The number of carbonyl (C=O) groups is 2. The largest absolute Gasteiger partial charge is 0.448 e. The third-order valence-electron chi connectivity index (χ3n) is 3.36. The van der Waals surface area contributed by atoms with Crippen LogP contribution in [0.4, 0.5) is 5.95 Å². The number of H-pyrrole nitrogens is 1. The second-order valence-corrected chi connectivity index (χ2v) is 5.93. The molecule has 0 radical (unpaired) electrons. The maximum atomic E-state index is 12.3. The number of nitrogens with zero attached hydrogens (tertiary/aromatic N) is 2. The Morgan fingerprint density at radius 2 is 1.96 bits per heavy atom. The lowest BCUT2D eigenvalue weighted by Crippen LogP contribution is -2.30. The molecule has 1 unspecified atom stereocenters. The van der Waals surface area contributed by atoms with E-state index in [0.29, 0.717) is 15.9 Å². The first kappa shape index (κ1) is 17.2. The molecule has 128 valence electrons. The van der Waals surface area contributed by atoms with Crippen LogP contribution in [-0.2, 0) is 9.53 Å². The van der Waals surface area contributed by atoms with Crippen molar-refractivity contribution in [3.8, 4) is 0 Å². The number of hydrogen-bond donors (Lipinski definition) is 2.